The minimum absolute atomic E-state index is 0.00369. The van der Waals surface area contributed by atoms with E-state index in [2.05, 4.69) is 45.1 Å². The summed E-state index contributed by atoms with van der Waals surface area (Å²) in [6.07, 6.45) is 1.62. The lowest BCUT2D eigenvalue weighted by Gasteiger charge is -2.38. The second-order valence-corrected chi connectivity index (χ2v) is 28.6. The Labute approximate surface area is 369 Å². The van der Waals surface area contributed by atoms with Crippen LogP contribution < -0.4 is 4.90 Å². The third-order valence-electron chi connectivity index (χ3n) is 10.9. The Morgan fingerprint density at radius 2 is 1.74 bits per heavy atom. The highest BCUT2D eigenvalue weighted by atomic mass is 35.5. The highest BCUT2D eigenvalue weighted by Gasteiger charge is 2.58. The number of aromatic nitrogens is 8. The fourth-order valence-electron chi connectivity index (χ4n) is 7.59. The number of nitrogens with zero attached hydrogens (tertiary/aromatic N) is 9. The van der Waals surface area contributed by atoms with Crippen LogP contribution in [0.25, 0.3) is 11.0 Å². The van der Waals surface area contributed by atoms with Gasteiger partial charge in [0.1, 0.15) is 44.4 Å². The molecule has 0 aromatic carbocycles. The monoisotopic (exact) mass is 929 g/mol. The number of hydrogen-bond acceptors (Lipinski definition) is 17. The molecule has 2 aliphatic heterocycles. The zero-order chi connectivity index (χ0) is 45.1. The molecule has 348 valence electrons. The molecule has 6 rings (SSSR count). The van der Waals surface area contributed by atoms with E-state index in [-0.39, 0.29) is 51.1 Å². The maximum absolute atomic E-state index is 14.3. The molecule has 20 nitrogen and oxygen atoms in total. The predicted octanol–water partition coefficient (Wildman–Crippen LogP) is 6.10. The van der Waals surface area contributed by atoms with E-state index in [4.69, 9.17) is 59.3 Å². The van der Waals surface area contributed by atoms with Gasteiger partial charge >= 0.3 is 6.09 Å². The molecule has 3 fully saturated rings. The molecule has 0 bridgehead atoms. The molecule has 0 spiro atoms. The summed E-state index contributed by atoms with van der Waals surface area (Å²) < 4.78 is 73.0. The second kappa shape index (κ2) is 19.8. The number of anilines is 1. The average molecular weight is 931 g/mol. The molecule has 0 N–H and O–H groups in total. The van der Waals surface area contributed by atoms with E-state index >= 15 is 0 Å². The number of fused-ring (bicyclic) bond motifs is 2. The summed E-state index contributed by atoms with van der Waals surface area (Å²) in [5.41, 5.74) is -0.414. The summed E-state index contributed by atoms with van der Waals surface area (Å²) in [5, 5.41) is 15.7. The molecule has 1 unspecified atom stereocenters. The lowest BCUT2D eigenvalue weighted by Crippen LogP contribution is -2.46. The smallest absolute Gasteiger partial charge is 0.416 e. The first-order valence-electron chi connectivity index (χ1n) is 21.2. The summed E-state index contributed by atoms with van der Waals surface area (Å²) in [6.45, 7) is 20.3. The number of carbonyl (C=O) groups is 1. The number of ether oxygens (including phenoxy) is 9. The lowest BCUT2D eigenvalue weighted by molar-refractivity contribution is -0.208. The minimum atomic E-state index is -3.18. The van der Waals surface area contributed by atoms with Crippen LogP contribution in [0.5, 0.6) is 0 Å². The predicted molar refractivity (Wildman–Crippen MR) is 231 cm³/mol. The molecule has 1 aliphatic carbocycles. The van der Waals surface area contributed by atoms with Gasteiger partial charge < -0.3 is 47.2 Å². The fourth-order valence-corrected chi connectivity index (χ4v) is 9.69. The Bertz CT molecular complexity index is 2020. The number of carbonyl (C=O) groups excluding carboxylic acids is 1. The highest BCUT2D eigenvalue weighted by Crippen LogP contribution is 2.54. The van der Waals surface area contributed by atoms with E-state index in [1.54, 1.807) is 36.2 Å². The van der Waals surface area contributed by atoms with Crippen LogP contribution in [0.15, 0.2) is 6.20 Å². The molecular weight excluding hydrogens is 865 g/mol. The number of halogens is 1. The molecule has 1 saturated carbocycles. The van der Waals surface area contributed by atoms with Gasteiger partial charge in [-0.15, -0.1) is 5.10 Å². The zero-order valence-corrected chi connectivity index (χ0v) is 40.6. The summed E-state index contributed by atoms with van der Waals surface area (Å²) in [5.74, 6) is -0.258. The molecule has 3 aromatic rings. The summed E-state index contributed by atoms with van der Waals surface area (Å²) in [7, 11) is -2.88. The number of rotatable bonds is 21. The van der Waals surface area contributed by atoms with Gasteiger partial charge in [0.15, 0.2) is 34.6 Å². The molecule has 5 atom stereocenters. The number of hydrogen-bond donors (Lipinski definition) is 0. The van der Waals surface area contributed by atoms with Crippen LogP contribution in [0.3, 0.4) is 0 Å². The van der Waals surface area contributed by atoms with Crippen molar-refractivity contribution in [2.75, 3.05) is 65.0 Å². The Morgan fingerprint density at radius 3 is 2.42 bits per heavy atom. The van der Waals surface area contributed by atoms with E-state index in [1.807, 2.05) is 34.6 Å². The van der Waals surface area contributed by atoms with Crippen LogP contribution in [-0.2, 0) is 60.5 Å². The van der Waals surface area contributed by atoms with E-state index in [0.717, 1.165) is 31.7 Å². The van der Waals surface area contributed by atoms with E-state index in [0.29, 0.717) is 35.9 Å². The van der Waals surface area contributed by atoms with Gasteiger partial charge in [-0.25, -0.2) is 14.2 Å². The Hall–Kier alpha value is -2.69. The third-order valence-corrected chi connectivity index (χ3v) is 15.1. The van der Waals surface area contributed by atoms with Crippen LogP contribution >= 0.6 is 18.7 Å². The standard InChI is InChI=1S/C39H65ClN9O11PSi/c1-37(2,3)60-36(50)48(26-14-12-13-15-26)32-27-20-41-49(33(27)43-35(40)42-32)34-31-30(58-38(4,5)59-31)28(57-34)21-56-39(61(7,8)51,23-53-17-16-52-6)24-55-22-29-44-45-46-47(29)25-54-18-19-62(9,10)11/h20,26,28,30-31,34H,12-19,21-25H2,1-11H3/t28-,30-,31-,34-,39?/m1/s1. The van der Waals surface area contributed by atoms with Crippen molar-refractivity contribution in [2.45, 2.75) is 147 Å². The Kier molecular flexibility index (Phi) is 15.6. The van der Waals surface area contributed by atoms with Crippen molar-refractivity contribution in [3.63, 3.8) is 0 Å². The normalized spacial score (nSPS) is 23.0. The number of amides is 1. The Balaban J connectivity index is 1.24. The van der Waals surface area contributed by atoms with Gasteiger partial charge in [0.05, 0.1) is 44.6 Å². The molecule has 0 radical (unpaired) electrons. The topological polar surface area (TPSA) is 208 Å². The average Bonchev–Trinajstić information content (AvgIpc) is 4.00. The molecule has 5 heterocycles. The van der Waals surface area contributed by atoms with Crippen LogP contribution in [0, 0.1) is 0 Å². The number of methoxy groups -OCH3 is 1. The molecule has 62 heavy (non-hydrogen) atoms. The lowest BCUT2D eigenvalue weighted by atomic mass is 10.1. The van der Waals surface area contributed by atoms with Gasteiger partial charge in [0.2, 0.25) is 5.28 Å². The molecule has 3 aromatic heterocycles. The van der Waals surface area contributed by atoms with Gasteiger partial charge in [-0.05, 0) is 88.9 Å². The number of tetrazole rings is 1. The molecular formula is C39H65ClN9O11PSi. The van der Waals surface area contributed by atoms with Gasteiger partial charge in [0, 0.05) is 27.8 Å². The first kappa shape index (κ1) is 48.8. The van der Waals surface area contributed by atoms with Crippen LogP contribution in [0.2, 0.25) is 31.0 Å². The first-order chi connectivity index (χ1) is 29.1. The SMILES string of the molecule is COCCOCC(COCc1nnnn1COCC[Si](C)(C)C)(OC[C@H]1O[C@@H](n2ncc3c(N(C(=O)OC(C)(C)C)C4CCCC4)nc(Cl)nc32)[C@@H]2OC(C)(C)O[C@@H]21)P(C)(C)=O. The third kappa shape index (κ3) is 11.9. The summed E-state index contributed by atoms with van der Waals surface area (Å²) >= 11 is 6.63. The molecule has 3 aliphatic rings. The van der Waals surface area contributed by atoms with Gasteiger partial charge in [0.25, 0.3) is 0 Å². The first-order valence-corrected chi connectivity index (χ1v) is 27.9. The van der Waals surface area contributed by atoms with E-state index in [1.165, 1.54) is 4.68 Å². The van der Waals surface area contributed by atoms with Gasteiger partial charge in [-0.1, -0.05) is 32.5 Å². The van der Waals surface area contributed by atoms with Crippen molar-refractivity contribution < 1.29 is 52.0 Å². The van der Waals surface area contributed by atoms with Crippen LogP contribution in [-0.4, -0.2) is 155 Å². The van der Waals surface area contributed by atoms with Crippen LogP contribution in [0.1, 0.15) is 72.4 Å². The highest BCUT2D eigenvalue weighted by molar-refractivity contribution is 7.63. The van der Waals surface area contributed by atoms with Crippen molar-refractivity contribution >= 4 is 49.8 Å². The second-order valence-electron chi connectivity index (χ2n) is 19.2. The van der Waals surface area contributed by atoms with Crippen molar-refractivity contribution in [1.29, 1.82) is 0 Å². The van der Waals surface area contributed by atoms with Crippen molar-refractivity contribution in [3.8, 4) is 0 Å². The molecule has 23 heteroatoms. The van der Waals surface area contributed by atoms with Gasteiger partial charge in [-0.2, -0.15) is 15.1 Å². The molecule has 2 saturated heterocycles. The van der Waals surface area contributed by atoms with Gasteiger partial charge in [-0.3, -0.25) is 4.90 Å². The maximum atomic E-state index is 14.3. The minimum Gasteiger partial charge on any atom is -0.443 e. The maximum Gasteiger partial charge on any atom is 0.416 e. The van der Waals surface area contributed by atoms with Crippen LogP contribution in [0.4, 0.5) is 10.6 Å². The van der Waals surface area contributed by atoms with E-state index < -0.39 is 62.6 Å². The summed E-state index contributed by atoms with van der Waals surface area (Å²) in [6, 6.07) is 0.860. The van der Waals surface area contributed by atoms with E-state index in [9.17, 15) is 9.36 Å². The van der Waals surface area contributed by atoms with Crippen molar-refractivity contribution in [3.05, 3.63) is 17.3 Å². The largest absolute Gasteiger partial charge is 0.443 e. The zero-order valence-electron chi connectivity index (χ0n) is 38.0. The quantitative estimate of drug-likeness (QED) is 0.0512. The van der Waals surface area contributed by atoms with Crippen molar-refractivity contribution in [1.82, 2.24) is 40.0 Å². The summed E-state index contributed by atoms with van der Waals surface area (Å²) in [4.78, 5) is 24.5. The fraction of sp³-hybridized carbons (Fsp3) is 0.821. The Morgan fingerprint density at radius 1 is 1.03 bits per heavy atom. The van der Waals surface area contributed by atoms with Crippen molar-refractivity contribution in [2.24, 2.45) is 0 Å². The molecule has 1 amide bonds.